The molecule has 1 aromatic carbocycles. The molecule has 2 aliphatic heterocycles. The van der Waals surface area contributed by atoms with Crippen molar-refractivity contribution in [1.82, 2.24) is 36.2 Å². The first-order chi connectivity index (χ1) is 14.3. The zero-order chi connectivity index (χ0) is 21.5. The van der Waals surface area contributed by atoms with Crippen LogP contribution in [0.2, 0.25) is 0 Å². The van der Waals surface area contributed by atoms with E-state index in [1.54, 1.807) is 40.9 Å². The topological polar surface area (TPSA) is 133 Å². The Morgan fingerprint density at radius 2 is 2.07 bits per heavy atom. The quantitative estimate of drug-likeness (QED) is 0.432. The second-order valence-corrected chi connectivity index (χ2v) is 9.60. The summed E-state index contributed by atoms with van der Waals surface area (Å²) in [5.74, 6) is -1.01. The van der Waals surface area contributed by atoms with Gasteiger partial charge in [0.1, 0.15) is 29.4 Å². The van der Waals surface area contributed by atoms with Crippen molar-refractivity contribution in [2.45, 2.75) is 42.1 Å². The highest BCUT2D eigenvalue weighted by Crippen LogP contribution is 2.56. The van der Waals surface area contributed by atoms with Crippen molar-refractivity contribution >= 4 is 41.1 Å². The second-order valence-electron chi connectivity index (χ2n) is 7.56. The van der Waals surface area contributed by atoms with E-state index in [9.17, 15) is 14.4 Å². The van der Waals surface area contributed by atoms with Crippen LogP contribution in [0.5, 0.6) is 0 Å². The highest BCUT2D eigenvalue weighted by atomic mass is 35.5. The molecule has 3 N–H and O–H groups in total. The Bertz CT molecular complexity index is 956. The van der Waals surface area contributed by atoms with Gasteiger partial charge < -0.3 is 15.5 Å². The van der Waals surface area contributed by atoms with E-state index in [1.165, 1.54) is 0 Å². The van der Waals surface area contributed by atoms with Crippen molar-refractivity contribution in [1.29, 1.82) is 0 Å². The number of halogens is 1. The number of nitrogens with one attached hydrogen (secondary N) is 3. The number of nitrogens with zero attached hydrogens (tertiary/aromatic N) is 4. The summed E-state index contributed by atoms with van der Waals surface area (Å²) in [5.41, 5.74) is 0.598. The van der Waals surface area contributed by atoms with Gasteiger partial charge in [-0.05, 0) is 19.4 Å². The van der Waals surface area contributed by atoms with E-state index >= 15 is 0 Å². The molecule has 0 radical (unpaired) electrons. The molecule has 3 unspecified atom stereocenters. The van der Waals surface area contributed by atoms with Crippen LogP contribution in [0.3, 0.4) is 0 Å². The first-order valence-corrected chi connectivity index (χ1v) is 10.7. The van der Waals surface area contributed by atoms with E-state index in [-0.39, 0.29) is 27.9 Å². The summed E-state index contributed by atoms with van der Waals surface area (Å²) >= 11 is 7.16. The van der Waals surface area contributed by atoms with E-state index in [1.807, 2.05) is 19.9 Å². The average Bonchev–Trinajstić information content (AvgIpc) is 3.34. The zero-order valence-corrected chi connectivity index (χ0v) is 17.8. The van der Waals surface area contributed by atoms with Crippen LogP contribution >= 0.6 is 23.4 Å². The van der Waals surface area contributed by atoms with Gasteiger partial charge >= 0.3 is 0 Å². The van der Waals surface area contributed by atoms with Gasteiger partial charge in [-0.2, -0.15) is 5.21 Å². The molecule has 4 atom stereocenters. The van der Waals surface area contributed by atoms with Crippen molar-refractivity contribution in [2.24, 2.45) is 0 Å². The first kappa shape index (κ1) is 20.6. The zero-order valence-electron chi connectivity index (χ0n) is 16.2. The van der Waals surface area contributed by atoms with Crippen LogP contribution < -0.4 is 10.6 Å². The Hall–Kier alpha value is -2.66. The number of thioether (sulfide) groups is 1. The standard InChI is InChI=1S/C18H20ClN7O3S/c1-18(2)13(14-22-24-25-23-14)26-16(29)12(17(26)30-18)21-15(28)11(20-10(27)8-19)9-6-4-3-5-7-9/h3-7,11-13,17H,8H2,1-2H3,(H,20,27)(H,21,28)(H,22,23,24,25)/t11?,12?,13?,17-/m1/s1. The van der Waals surface area contributed by atoms with E-state index in [0.29, 0.717) is 11.4 Å². The van der Waals surface area contributed by atoms with Gasteiger partial charge in [-0.1, -0.05) is 35.5 Å². The molecule has 0 saturated carbocycles. The minimum absolute atomic E-state index is 0.225. The number of rotatable bonds is 6. The van der Waals surface area contributed by atoms with Gasteiger partial charge in [0.2, 0.25) is 17.7 Å². The number of hydrogen-bond donors (Lipinski definition) is 3. The minimum atomic E-state index is -0.952. The number of hydrogen-bond acceptors (Lipinski definition) is 7. The molecule has 158 valence electrons. The molecule has 12 heteroatoms. The monoisotopic (exact) mass is 449 g/mol. The third-order valence-corrected chi connectivity index (χ3v) is 6.98. The predicted molar refractivity (Wildman–Crippen MR) is 109 cm³/mol. The molecule has 4 rings (SSSR count). The fourth-order valence-electron chi connectivity index (χ4n) is 3.83. The summed E-state index contributed by atoms with van der Waals surface area (Å²) in [6.07, 6.45) is 0. The van der Waals surface area contributed by atoms with Crippen LogP contribution in [0.15, 0.2) is 30.3 Å². The van der Waals surface area contributed by atoms with Crippen molar-refractivity contribution in [3.63, 3.8) is 0 Å². The smallest absolute Gasteiger partial charge is 0.249 e. The molecule has 0 aliphatic carbocycles. The maximum atomic E-state index is 13.0. The first-order valence-electron chi connectivity index (χ1n) is 9.27. The number of aromatic nitrogens is 4. The minimum Gasteiger partial charge on any atom is -0.340 e. The lowest BCUT2D eigenvalue weighted by Crippen LogP contribution is -2.68. The third kappa shape index (κ3) is 3.52. The van der Waals surface area contributed by atoms with Gasteiger partial charge in [0.25, 0.3) is 0 Å². The van der Waals surface area contributed by atoms with Crippen LogP contribution in [0.1, 0.15) is 37.3 Å². The number of carbonyl (C=O) groups excluding carboxylic acids is 3. The Kier molecular flexibility index (Phi) is 5.41. The number of benzene rings is 1. The van der Waals surface area contributed by atoms with Crippen LogP contribution in [0, 0.1) is 0 Å². The van der Waals surface area contributed by atoms with Crippen LogP contribution in [0.4, 0.5) is 0 Å². The Morgan fingerprint density at radius 1 is 1.33 bits per heavy atom. The molecule has 3 amide bonds. The summed E-state index contributed by atoms with van der Waals surface area (Å²) in [6, 6.07) is 6.79. The van der Waals surface area contributed by atoms with Gasteiger partial charge in [0.15, 0.2) is 5.82 Å². The molecule has 2 aliphatic rings. The maximum absolute atomic E-state index is 13.0. The molecule has 0 bridgehead atoms. The molecule has 3 heterocycles. The Balaban J connectivity index is 1.52. The SMILES string of the molecule is CC1(C)S[C@@H]2C(NC(=O)C(NC(=O)CCl)c3ccccc3)C(=O)N2C1c1nn[nH]n1. The largest absolute Gasteiger partial charge is 0.340 e. The van der Waals surface area contributed by atoms with E-state index in [2.05, 4.69) is 31.3 Å². The van der Waals surface area contributed by atoms with Gasteiger partial charge in [0, 0.05) is 4.75 Å². The number of fused-ring (bicyclic) bond motifs is 1. The molecule has 2 saturated heterocycles. The van der Waals surface area contributed by atoms with Crippen molar-refractivity contribution in [3.8, 4) is 0 Å². The Morgan fingerprint density at radius 3 is 2.70 bits per heavy atom. The molecule has 2 aromatic rings. The molecule has 30 heavy (non-hydrogen) atoms. The molecular formula is C18H20ClN7O3S. The maximum Gasteiger partial charge on any atom is 0.249 e. The molecule has 1 aromatic heterocycles. The lowest BCUT2D eigenvalue weighted by atomic mass is 9.95. The molecule has 0 spiro atoms. The fraction of sp³-hybridized carbons (Fsp3) is 0.444. The fourth-order valence-corrected chi connectivity index (χ4v) is 5.54. The average molecular weight is 450 g/mol. The Labute approximate surface area is 181 Å². The normalized spacial score (nSPS) is 25.2. The van der Waals surface area contributed by atoms with Gasteiger partial charge in [0.05, 0.1) is 0 Å². The highest BCUT2D eigenvalue weighted by Gasteiger charge is 2.63. The van der Waals surface area contributed by atoms with Gasteiger partial charge in [-0.15, -0.1) is 33.6 Å². The number of H-pyrrole nitrogens is 1. The lowest BCUT2D eigenvalue weighted by molar-refractivity contribution is -0.152. The van der Waals surface area contributed by atoms with E-state index < -0.39 is 23.9 Å². The number of tetrazole rings is 1. The van der Waals surface area contributed by atoms with Crippen LogP contribution in [-0.4, -0.2) is 65.3 Å². The summed E-state index contributed by atoms with van der Waals surface area (Å²) in [7, 11) is 0. The number of alkyl halides is 1. The van der Waals surface area contributed by atoms with E-state index in [0.717, 1.165) is 0 Å². The van der Waals surface area contributed by atoms with Crippen molar-refractivity contribution < 1.29 is 14.4 Å². The summed E-state index contributed by atoms with van der Waals surface area (Å²) in [6.45, 7) is 3.99. The molecular weight excluding hydrogens is 430 g/mol. The molecule has 10 nitrogen and oxygen atoms in total. The molecule has 2 fully saturated rings. The van der Waals surface area contributed by atoms with Crippen molar-refractivity contribution in [3.05, 3.63) is 41.7 Å². The third-order valence-electron chi connectivity index (χ3n) is 5.17. The predicted octanol–water partition coefficient (Wildman–Crippen LogP) is 0.516. The number of amides is 3. The number of β-lactam (4-membered cyclic amide) rings is 1. The number of aromatic amines is 1. The van der Waals surface area contributed by atoms with Gasteiger partial charge in [-0.25, -0.2) is 0 Å². The lowest BCUT2D eigenvalue weighted by Gasteiger charge is -2.44. The van der Waals surface area contributed by atoms with Gasteiger partial charge in [-0.3, -0.25) is 14.4 Å². The van der Waals surface area contributed by atoms with Crippen LogP contribution in [0.25, 0.3) is 0 Å². The highest BCUT2D eigenvalue weighted by molar-refractivity contribution is 8.01. The van der Waals surface area contributed by atoms with Crippen LogP contribution in [-0.2, 0) is 14.4 Å². The summed E-state index contributed by atoms with van der Waals surface area (Å²) < 4.78 is -0.366. The summed E-state index contributed by atoms with van der Waals surface area (Å²) in [5, 5.41) is 19.2. The van der Waals surface area contributed by atoms with Crippen molar-refractivity contribution in [2.75, 3.05) is 5.88 Å². The number of carbonyl (C=O) groups is 3. The summed E-state index contributed by atoms with van der Waals surface area (Å²) in [4.78, 5) is 39.5. The van der Waals surface area contributed by atoms with E-state index in [4.69, 9.17) is 11.6 Å². The second kappa shape index (κ2) is 7.88.